The van der Waals surface area contributed by atoms with Crippen LogP contribution in [0.15, 0.2) is 18.3 Å². The molecule has 2 rings (SSSR count). The van der Waals surface area contributed by atoms with Gasteiger partial charge in [-0.05, 0) is 31.5 Å². The third-order valence-corrected chi connectivity index (χ3v) is 4.94. The van der Waals surface area contributed by atoms with Crippen molar-refractivity contribution < 1.29 is 0 Å². The van der Waals surface area contributed by atoms with E-state index in [-0.39, 0.29) is 0 Å². The SMILES string of the molecule is CCCNC(C)c1ccc(N2CC(C)SC(C)C2)nc1. The van der Waals surface area contributed by atoms with Crippen molar-refractivity contribution in [2.75, 3.05) is 24.5 Å². The Hall–Kier alpha value is -0.740. The zero-order valence-corrected chi connectivity index (χ0v) is 13.9. The predicted octanol–water partition coefficient (Wildman–Crippen LogP) is 3.47. The molecule has 0 aromatic carbocycles. The Labute approximate surface area is 127 Å². The summed E-state index contributed by atoms with van der Waals surface area (Å²) in [5, 5.41) is 4.88. The van der Waals surface area contributed by atoms with Gasteiger partial charge in [-0.1, -0.05) is 26.8 Å². The van der Waals surface area contributed by atoms with E-state index in [0.29, 0.717) is 16.5 Å². The zero-order chi connectivity index (χ0) is 14.5. The lowest BCUT2D eigenvalue weighted by atomic mass is 10.1. The third kappa shape index (κ3) is 4.13. The fourth-order valence-electron chi connectivity index (χ4n) is 2.68. The van der Waals surface area contributed by atoms with Gasteiger partial charge in [0, 0.05) is 35.8 Å². The second-order valence-corrected chi connectivity index (χ2v) is 7.67. The molecule has 0 aliphatic carbocycles. The highest BCUT2D eigenvalue weighted by Crippen LogP contribution is 2.27. The molecule has 0 bridgehead atoms. The van der Waals surface area contributed by atoms with Crippen molar-refractivity contribution in [3.8, 4) is 0 Å². The van der Waals surface area contributed by atoms with Gasteiger partial charge in [-0.15, -0.1) is 0 Å². The van der Waals surface area contributed by atoms with E-state index < -0.39 is 0 Å². The number of nitrogens with zero attached hydrogens (tertiary/aromatic N) is 2. The molecule has 1 aliphatic rings. The van der Waals surface area contributed by atoms with Gasteiger partial charge in [-0.2, -0.15) is 11.8 Å². The van der Waals surface area contributed by atoms with E-state index in [2.05, 4.69) is 66.8 Å². The van der Waals surface area contributed by atoms with Crippen molar-refractivity contribution in [2.24, 2.45) is 0 Å². The van der Waals surface area contributed by atoms with Gasteiger partial charge in [0.1, 0.15) is 5.82 Å². The zero-order valence-electron chi connectivity index (χ0n) is 13.1. The number of aromatic nitrogens is 1. The molecule has 1 aliphatic heterocycles. The average Bonchev–Trinajstić information content (AvgIpc) is 2.44. The van der Waals surface area contributed by atoms with Gasteiger partial charge >= 0.3 is 0 Å². The minimum atomic E-state index is 0.381. The van der Waals surface area contributed by atoms with Crippen LogP contribution in [-0.2, 0) is 0 Å². The topological polar surface area (TPSA) is 28.2 Å². The molecule has 1 aromatic rings. The highest BCUT2D eigenvalue weighted by atomic mass is 32.2. The number of hydrogen-bond acceptors (Lipinski definition) is 4. The Morgan fingerprint density at radius 3 is 2.60 bits per heavy atom. The van der Waals surface area contributed by atoms with E-state index in [4.69, 9.17) is 0 Å². The molecule has 0 amide bonds. The summed E-state index contributed by atoms with van der Waals surface area (Å²) >= 11 is 2.08. The maximum atomic E-state index is 4.68. The molecule has 0 radical (unpaired) electrons. The van der Waals surface area contributed by atoms with Crippen LogP contribution in [0.3, 0.4) is 0 Å². The molecular weight excluding hydrogens is 266 g/mol. The lowest BCUT2D eigenvalue weighted by Gasteiger charge is -2.35. The summed E-state index contributed by atoms with van der Waals surface area (Å²) in [6.45, 7) is 12.3. The van der Waals surface area contributed by atoms with Crippen molar-refractivity contribution in [3.63, 3.8) is 0 Å². The predicted molar refractivity (Wildman–Crippen MR) is 89.7 cm³/mol. The molecule has 3 nitrogen and oxygen atoms in total. The number of rotatable bonds is 5. The Kier molecular flexibility index (Phi) is 5.73. The molecule has 1 N–H and O–H groups in total. The largest absolute Gasteiger partial charge is 0.354 e. The number of hydrogen-bond donors (Lipinski definition) is 1. The Bertz CT molecular complexity index is 397. The Morgan fingerprint density at radius 2 is 2.05 bits per heavy atom. The molecule has 3 atom stereocenters. The van der Waals surface area contributed by atoms with Crippen molar-refractivity contribution in [1.82, 2.24) is 10.3 Å². The highest BCUT2D eigenvalue weighted by molar-refractivity contribution is 8.00. The van der Waals surface area contributed by atoms with Crippen LogP contribution in [0, 0.1) is 0 Å². The molecule has 3 unspecified atom stereocenters. The van der Waals surface area contributed by atoms with E-state index in [1.165, 1.54) is 5.56 Å². The van der Waals surface area contributed by atoms with Crippen LogP contribution in [0.2, 0.25) is 0 Å². The van der Waals surface area contributed by atoms with Crippen LogP contribution in [0.4, 0.5) is 5.82 Å². The first-order chi connectivity index (χ1) is 9.60. The first-order valence-corrected chi connectivity index (χ1v) is 8.64. The van der Waals surface area contributed by atoms with Crippen molar-refractivity contribution >= 4 is 17.6 Å². The quantitative estimate of drug-likeness (QED) is 0.900. The van der Waals surface area contributed by atoms with Crippen LogP contribution in [-0.4, -0.2) is 35.1 Å². The summed E-state index contributed by atoms with van der Waals surface area (Å²) in [6, 6.07) is 4.77. The van der Waals surface area contributed by atoms with Crippen molar-refractivity contribution in [3.05, 3.63) is 23.9 Å². The normalized spacial score (nSPS) is 24.7. The first kappa shape index (κ1) is 15.6. The second kappa shape index (κ2) is 7.32. The molecular formula is C16H27N3S. The van der Waals surface area contributed by atoms with Gasteiger partial charge < -0.3 is 10.2 Å². The van der Waals surface area contributed by atoms with E-state index >= 15 is 0 Å². The van der Waals surface area contributed by atoms with Gasteiger partial charge in [0.05, 0.1) is 0 Å². The monoisotopic (exact) mass is 293 g/mol. The lowest BCUT2D eigenvalue weighted by Crippen LogP contribution is -2.40. The molecule has 0 saturated carbocycles. The minimum Gasteiger partial charge on any atom is -0.354 e. The van der Waals surface area contributed by atoms with E-state index in [1.54, 1.807) is 0 Å². The van der Waals surface area contributed by atoms with Gasteiger partial charge in [-0.3, -0.25) is 0 Å². The molecule has 1 saturated heterocycles. The van der Waals surface area contributed by atoms with Gasteiger partial charge in [0.25, 0.3) is 0 Å². The lowest BCUT2D eigenvalue weighted by molar-refractivity contribution is 0.569. The maximum Gasteiger partial charge on any atom is 0.128 e. The van der Waals surface area contributed by atoms with E-state index in [1.807, 2.05) is 6.20 Å². The Morgan fingerprint density at radius 1 is 1.35 bits per heavy atom. The van der Waals surface area contributed by atoms with Crippen LogP contribution >= 0.6 is 11.8 Å². The van der Waals surface area contributed by atoms with Gasteiger partial charge in [-0.25, -0.2) is 4.98 Å². The van der Waals surface area contributed by atoms with Crippen LogP contribution in [0.25, 0.3) is 0 Å². The molecule has 112 valence electrons. The minimum absolute atomic E-state index is 0.381. The molecule has 20 heavy (non-hydrogen) atoms. The van der Waals surface area contributed by atoms with Gasteiger partial charge in [0.15, 0.2) is 0 Å². The van der Waals surface area contributed by atoms with E-state index in [0.717, 1.165) is 31.9 Å². The first-order valence-electron chi connectivity index (χ1n) is 7.70. The van der Waals surface area contributed by atoms with Crippen LogP contribution in [0.5, 0.6) is 0 Å². The number of anilines is 1. The van der Waals surface area contributed by atoms with Crippen LogP contribution in [0.1, 0.15) is 45.7 Å². The molecule has 2 heterocycles. The maximum absolute atomic E-state index is 4.68. The molecule has 1 fully saturated rings. The highest BCUT2D eigenvalue weighted by Gasteiger charge is 2.23. The fourth-order valence-corrected chi connectivity index (χ4v) is 4.01. The number of nitrogens with one attached hydrogen (secondary N) is 1. The number of pyridine rings is 1. The molecule has 1 aromatic heterocycles. The summed E-state index contributed by atoms with van der Waals surface area (Å²) in [4.78, 5) is 7.09. The fraction of sp³-hybridized carbons (Fsp3) is 0.688. The van der Waals surface area contributed by atoms with Crippen LogP contribution < -0.4 is 10.2 Å². The summed E-state index contributed by atoms with van der Waals surface area (Å²) < 4.78 is 0. The standard InChI is InChI=1S/C16H27N3S/c1-5-8-17-14(4)15-6-7-16(18-9-15)19-10-12(2)20-13(3)11-19/h6-7,9,12-14,17H,5,8,10-11H2,1-4H3. The average molecular weight is 293 g/mol. The second-order valence-electron chi connectivity index (χ2n) is 5.79. The number of thioether (sulfide) groups is 1. The van der Waals surface area contributed by atoms with Crippen molar-refractivity contribution in [1.29, 1.82) is 0 Å². The summed E-state index contributed by atoms with van der Waals surface area (Å²) in [5.41, 5.74) is 1.27. The summed E-state index contributed by atoms with van der Waals surface area (Å²) in [6.07, 6.45) is 3.19. The summed E-state index contributed by atoms with van der Waals surface area (Å²) in [7, 11) is 0. The summed E-state index contributed by atoms with van der Waals surface area (Å²) in [5.74, 6) is 1.12. The van der Waals surface area contributed by atoms with Gasteiger partial charge in [0.2, 0.25) is 0 Å². The molecule has 4 heteroatoms. The molecule has 0 spiro atoms. The van der Waals surface area contributed by atoms with E-state index in [9.17, 15) is 0 Å². The Balaban J connectivity index is 2.00. The smallest absolute Gasteiger partial charge is 0.128 e. The van der Waals surface area contributed by atoms with Crippen molar-refractivity contribution in [2.45, 2.75) is 50.7 Å². The third-order valence-electron chi connectivity index (χ3n) is 3.71.